The molecule has 0 amide bonds. The Morgan fingerprint density at radius 2 is 2.50 bits per heavy atom. The molecule has 1 rings (SSSR count). The number of nitrogen functional groups attached to an aromatic ring is 1. The summed E-state index contributed by atoms with van der Waals surface area (Å²) in [6.07, 6.45) is 0. The van der Waals surface area contributed by atoms with Gasteiger partial charge in [0.05, 0.1) is 0 Å². The summed E-state index contributed by atoms with van der Waals surface area (Å²) < 4.78 is 0. The van der Waals surface area contributed by atoms with Gasteiger partial charge < -0.3 is 5.73 Å². The van der Waals surface area contributed by atoms with Gasteiger partial charge in [0.15, 0.2) is 4.79 Å². The number of tetrazole rings is 1. The van der Waals surface area contributed by atoms with Crippen LogP contribution in [0, 0.1) is 5.39 Å². The van der Waals surface area contributed by atoms with Crippen LogP contribution >= 0.6 is 0 Å². The van der Waals surface area contributed by atoms with E-state index >= 15 is 0 Å². The minimum atomic E-state index is -0.0486. The molecule has 0 unspecified atom stereocenters. The fourth-order valence-corrected chi connectivity index (χ4v) is 0.253. The van der Waals surface area contributed by atoms with Crippen LogP contribution in [0.2, 0.25) is 0 Å². The van der Waals surface area contributed by atoms with Crippen molar-refractivity contribution in [3.8, 4) is 0 Å². The van der Waals surface area contributed by atoms with E-state index in [1.54, 1.807) is 0 Å². The Bertz CT molecular complexity index is 215. The van der Waals surface area contributed by atoms with Crippen LogP contribution in [0.15, 0.2) is 0 Å². The lowest BCUT2D eigenvalue weighted by molar-refractivity contribution is 0.774. The minimum Gasteiger partial charge on any atom is -0.361 e. The van der Waals surface area contributed by atoms with Crippen LogP contribution in [-0.2, 0) is 0 Å². The molecule has 7 heteroatoms. The van der Waals surface area contributed by atoms with Gasteiger partial charge in [-0.1, -0.05) is 5.10 Å². The molecule has 0 radical (unpaired) electrons. The molecule has 8 heavy (non-hydrogen) atoms. The highest BCUT2D eigenvalue weighted by molar-refractivity contribution is 5.10. The van der Waals surface area contributed by atoms with Crippen LogP contribution in [0.5, 0.6) is 0 Å². The average molecular weight is 112 g/mol. The zero-order valence-electron chi connectivity index (χ0n) is 3.76. The van der Waals surface area contributed by atoms with Crippen molar-refractivity contribution < 1.29 is 0 Å². The average Bonchev–Trinajstić information content (AvgIpc) is 2.14. The van der Waals surface area contributed by atoms with Gasteiger partial charge in [0.1, 0.15) is 15.7 Å². The fourth-order valence-electron chi connectivity index (χ4n) is 0.253. The number of diazo groups is 1. The minimum absolute atomic E-state index is 0.0486. The van der Waals surface area contributed by atoms with E-state index in [4.69, 9.17) is 11.1 Å². The topological polar surface area (TPSA) is 97.8 Å². The van der Waals surface area contributed by atoms with Gasteiger partial charge in [-0.3, -0.25) is 0 Å². The standard InChI is InChI=1S/CH2N7/c2-1-4-6-7-8(1)5-3/h(H2,2,4,7)/q+1. The van der Waals surface area contributed by atoms with E-state index in [2.05, 4.69) is 20.6 Å². The third-order valence-electron chi connectivity index (χ3n) is 0.562. The molecule has 1 aromatic rings. The fraction of sp³-hybridized carbons (Fsp3) is 0. The number of anilines is 1. The second-order valence-corrected chi connectivity index (χ2v) is 1.02. The molecule has 0 bridgehead atoms. The van der Waals surface area contributed by atoms with Crippen molar-refractivity contribution in [2.75, 3.05) is 5.73 Å². The van der Waals surface area contributed by atoms with Crippen LogP contribution in [0.3, 0.4) is 0 Å². The summed E-state index contributed by atoms with van der Waals surface area (Å²) in [4.78, 5) is 0.694. The second kappa shape index (κ2) is 1.42. The van der Waals surface area contributed by atoms with Crippen LogP contribution in [0.1, 0.15) is 0 Å². The van der Waals surface area contributed by atoms with Gasteiger partial charge in [-0.2, -0.15) is 0 Å². The highest BCUT2D eigenvalue weighted by atomic mass is 15.7. The van der Waals surface area contributed by atoms with E-state index < -0.39 is 0 Å². The van der Waals surface area contributed by atoms with E-state index in [0.29, 0.717) is 4.79 Å². The molecule has 0 aliphatic heterocycles. The predicted molar refractivity (Wildman–Crippen MR) is 22.7 cm³/mol. The molecule has 0 aliphatic rings. The van der Waals surface area contributed by atoms with Crippen molar-refractivity contribution >= 4 is 5.95 Å². The summed E-state index contributed by atoms with van der Waals surface area (Å²) in [6.45, 7) is 0. The number of nitrogens with zero attached hydrogens (tertiary/aromatic N) is 6. The lowest BCUT2D eigenvalue weighted by Gasteiger charge is -1.65. The molecule has 0 saturated heterocycles. The first-order valence-electron chi connectivity index (χ1n) is 1.74. The predicted octanol–water partition coefficient (Wildman–Crippen LogP) is -1.13. The maximum absolute atomic E-state index is 7.97. The SMILES string of the molecule is N#[N+]n1nnnc1N. The van der Waals surface area contributed by atoms with Crippen molar-refractivity contribution in [3.05, 3.63) is 5.08 Å². The van der Waals surface area contributed by atoms with E-state index in [-0.39, 0.29) is 5.95 Å². The van der Waals surface area contributed by atoms with Gasteiger partial charge in [-0.05, 0) is 0 Å². The molecule has 1 aromatic heterocycles. The Kier molecular flexibility index (Phi) is 0.788. The maximum atomic E-state index is 7.97. The lowest BCUT2D eigenvalue weighted by atomic mass is 11.1. The van der Waals surface area contributed by atoms with Gasteiger partial charge in [0, 0.05) is 0 Å². The first kappa shape index (κ1) is 4.45. The number of aromatic nitrogens is 4. The smallest absolute Gasteiger partial charge is 0.328 e. The van der Waals surface area contributed by atoms with Crippen LogP contribution in [0.4, 0.5) is 5.95 Å². The Hall–Kier alpha value is -1.71. The molecule has 7 nitrogen and oxygen atoms in total. The van der Waals surface area contributed by atoms with E-state index in [1.807, 2.05) is 0 Å². The molecule has 0 saturated carbocycles. The Morgan fingerprint density at radius 3 is 2.75 bits per heavy atom. The lowest BCUT2D eigenvalue weighted by Crippen LogP contribution is -1.95. The van der Waals surface area contributed by atoms with E-state index in [9.17, 15) is 0 Å². The summed E-state index contributed by atoms with van der Waals surface area (Å²) in [5.41, 5.74) is 5.02. The summed E-state index contributed by atoms with van der Waals surface area (Å²) in [7, 11) is 0. The third-order valence-corrected chi connectivity index (χ3v) is 0.562. The van der Waals surface area contributed by atoms with Crippen molar-refractivity contribution in [2.24, 2.45) is 0 Å². The van der Waals surface area contributed by atoms with Crippen LogP contribution < -0.4 is 5.73 Å². The largest absolute Gasteiger partial charge is 0.361 e. The third kappa shape index (κ3) is 0.439. The first-order chi connectivity index (χ1) is 3.84. The quantitative estimate of drug-likeness (QED) is 0.428. The van der Waals surface area contributed by atoms with Gasteiger partial charge >= 0.3 is 5.95 Å². The van der Waals surface area contributed by atoms with Crippen LogP contribution in [0.25, 0.3) is 5.08 Å². The Balaban J connectivity index is 3.15. The van der Waals surface area contributed by atoms with Crippen molar-refractivity contribution in [1.82, 2.24) is 20.3 Å². The Morgan fingerprint density at radius 1 is 1.75 bits per heavy atom. The summed E-state index contributed by atoms with van der Waals surface area (Å²) in [5.74, 6) is -0.0486. The highest BCUT2D eigenvalue weighted by Gasteiger charge is 2.08. The monoisotopic (exact) mass is 112 g/mol. The molecule has 1 heterocycles. The molecule has 2 N–H and O–H groups in total. The summed E-state index contributed by atoms with van der Waals surface area (Å²) in [6, 6.07) is 0. The van der Waals surface area contributed by atoms with Crippen molar-refractivity contribution in [2.45, 2.75) is 0 Å². The van der Waals surface area contributed by atoms with E-state index in [1.165, 1.54) is 0 Å². The molecule has 40 valence electrons. The van der Waals surface area contributed by atoms with Gasteiger partial charge in [0.2, 0.25) is 5.21 Å². The molecule has 0 fully saturated rings. The zero-order chi connectivity index (χ0) is 5.98. The number of rotatable bonds is 0. The maximum Gasteiger partial charge on any atom is 0.328 e. The van der Waals surface area contributed by atoms with Crippen molar-refractivity contribution in [1.29, 1.82) is 5.39 Å². The number of hydrogen-bond acceptors (Lipinski definition) is 5. The molecule has 0 spiro atoms. The molecule has 0 aromatic carbocycles. The number of hydrogen-bond donors (Lipinski definition) is 1. The molecular weight excluding hydrogens is 110 g/mol. The first-order valence-corrected chi connectivity index (χ1v) is 1.74. The molecular formula is CH2N7+. The summed E-state index contributed by atoms with van der Waals surface area (Å²) >= 11 is 0. The van der Waals surface area contributed by atoms with Gasteiger partial charge in [-0.15, -0.1) is 0 Å². The Labute approximate surface area is 43.7 Å². The zero-order valence-corrected chi connectivity index (χ0v) is 3.76. The molecule has 0 aliphatic carbocycles. The molecule has 0 atom stereocenters. The normalized spacial score (nSPS) is 8.38. The second-order valence-electron chi connectivity index (χ2n) is 1.02. The van der Waals surface area contributed by atoms with Gasteiger partial charge in [0.25, 0.3) is 0 Å². The summed E-state index contributed by atoms with van der Waals surface area (Å²) in [5, 5.41) is 20.0. The number of nitrogens with two attached hydrogens (primary N) is 1. The highest BCUT2D eigenvalue weighted by Crippen LogP contribution is 1.87. The van der Waals surface area contributed by atoms with Gasteiger partial charge in [-0.25, -0.2) is 0 Å². The van der Waals surface area contributed by atoms with Crippen LogP contribution in [-0.4, -0.2) is 20.3 Å². The van der Waals surface area contributed by atoms with Crippen molar-refractivity contribution in [3.63, 3.8) is 0 Å². The van der Waals surface area contributed by atoms with E-state index in [0.717, 1.165) is 0 Å².